The Labute approximate surface area is 121 Å². The summed E-state index contributed by atoms with van der Waals surface area (Å²) in [5.74, 6) is 2.93. The zero-order chi connectivity index (χ0) is 13.8. The molecule has 0 saturated carbocycles. The van der Waals surface area contributed by atoms with Gasteiger partial charge in [-0.3, -0.25) is 0 Å². The summed E-state index contributed by atoms with van der Waals surface area (Å²) in [5.41, 5.74) is 6.61. The maximum absolute atomic E-state index is 5.77. The number of benzene rings is 2. The summed E-state index contributed by atoms with van der Waals surface area (Å²) >= 11 is 0. The van der Waals surface area contributed by atoms with Gasteiger partial charge in [0.25, 0.3) is 0 Å². The maximum atomic E-state index is 5.77. The molecule has 20 heavy (non-hydrogen) atoms. The number of aryl methyl sites for hydroxylation is 2. The van der Waals surface area contributed by atoms with E-state index in [0.717, 1.165) is 31.3 Å². The first-order chi connectivity index (χ1) is 9.88. The van der Waals surface area contributed by atoms with E-state index in [4.69, 9.17) is 6.42 Å². The van der Waals surface area contributed by atoms with Crippen molar-refractivity contribution in [2.45, 2.75) is 25.7 Å². The van der Waals surface area contributed by atoms with Crippen molar-refractivity contribution in [3.63, 3.8) is 0 Å². The molecule has 3 rings (SSSR count). The molecule has 2 aromatic carbocycles. The van der Waals surface area contributed by atoms with E-state index in [0.29, 0.717) is 0 Å². The van der Waals surface area contributed by atoms with Gasteiger partial charge in [0.2, 0.25) is 0 Å². The largest absolute Gasteiger partial charge is 0.115 e. The molecule has 0 unspecified atom stereocenters. The minimum atomic E-state index is 1.07. The van der Waals surface area contributed by atoms with Gasteiger partial charge in [0.15, 0.2) is 0 Å². The zero-order valence-corrected chi connectivity index (χ0v) is 11.6. The van der Waals surface area contributed by atoms with Crippen molar-refractivity contribution in [1.29, 1.82) is 0 Å². The van der Waals surface area contributed by atoms with Crippen LogP contribution in [-0.4, -0.2) is 0 Å². The van der Waals surface area contributed by atoms with Crippen LogP contribution in [0.4, 0.5) is 0 Å². The summed E-state index contributed by atoms with van der Waals surface area (Å²) in [6, 6.07) is 19.2. The number of rotatable bonds is 3. The molecule has 0 nitrogen and oxygen atoms in total. The van der Waals surface area contributed by atoms with E-state index in [-0.39, 0.29) is 0 Å². The highest BCUT2D eigenvalue weighted by molar-refractivity contribution is 5.83. The van der Waals surface area contributed by atoms with Crippen LogP contribution in [0.3, 0.4) is 0 Å². The Kier molecular flexibility index (Phi) is 3.70. The lowest BCUT2D eigenvalue weighted by molar-refractivity contribution is 0.825. The van der Waals surface area contributed by atoms with Gasteiger partial charge in [-0.15, -0.1) is 6.42 Å². The van der Waals surface area contributed by atoms with Crippen molar-refractivity contribution in [3.05, 3.63) is 76.9 Å². The molecule has 0 heterocycles. The Morgan fingerprint density at radius 3 is 2.40 bits per heavy atom. The number of hydrogen-bond acceptors (Lipinski definition) is 0. The third-order valence-corrected chi connectivity index (χ3v) is 4.04. The van der Waals surface area contributed by atoms with Crippen molar-refractivity contribution >= 4 is 5.57 Å². The van der Waals surface area contributed by atoms with Gasteiger partial charge < -0.3 is 0 Å². The molecule has 1 aliphatic rings. The molecule has 0 aromatic heterocycles. The van der Waals surface area contributed by atoms with Crippen LogP contribution in [0.1, 0.15) is 29.5 Å². The van der Waals surface area contributed by atoms with Crippen LogP contribution in [0.2, 0.25) is 0 Å². The van der Waals surface area contributed by atoms with Gasteiger partial charge >= 0.3 is 0 Å². The molecule has 0 saturated heterocycles. The smallest absolute Gasteiger partial charge is 0.0310 e. The predicted octanol–water partition coefficient (Wildman–Crippen LogP) is 4.65. The fourth-order valence-electron chi connectivity index (χ4n) is 2.95. The summed E-state index contributed by atoms with van der Waals surface area (Å²) in [5, 5.41) is 0. The fourth-order valence-corrected chi connectivity index (χ4v) is 2.95. The van der Waals surface area contributed by atoms with Crippen molar-refractivity contribution in [2.24, 2.45) is 0 Å². The van der Waals surface area contributed by atoms with Crippen LogP contribution < -0.4 is 0 Å². The average molecular weight is 258 g/mol. The van der Waals surface area contributed by atoms with Gasteiger partial charge in [0.05, 0.1) is 0 Å². The summed E-state index contributed by atoms with van der Waals surface area (Å²) < 4.78 is 0. The molecule has 0 heteroatoms. The molecule has 2 aromatic rings. The van der Waals surface area contributed by atoms with E-state index in [1.807, 2.05) is 0 Å². The van der Waals surface area contributed by atoms with E-state index in [1.165, 1.54) is 22.3 Å². The first kappa shape index (κ1) is 12.8. The standard InChI is InChI=1S/C20H18/c1-2-19-18(13-12-16-8-4-3-5-9-16)15-14-17-10-6-7-11-20(17)19/h1,3-11H,12-15H2. The van der Waals surface area contributed by atoms with Crippen LogP contribution in [0.15, 0.2) is 60.2 Å². The van der Waals surface area contributed by atoms with Crippen LogP contribution in [0.25, 0.3) is 5.57 Å². The molecule has 0 N–H and O–H groups in total. The fraction of sp³-hybridized carbons (Fsp3) is 0.200. The average Bonchev–Trinajstić information content (AvgIpc) is 2.53. The number of allylic oxidation sites excluding steroid dienone is 2. The normalized spacial score (nSPS) is 13.8. The Balaban J connectivity index is 1.86. The summed E-state index contributed by atoms with van der Waals surface area (Å²) in [6.07, 6.45) is 10.1. The quantitative estimate of drug-likeness (QED) is 0.703. The predicted molar refractivity (Wildman–Crippen MR) is 85.3 cm³/mol. The molecule has 1 aliphatic carbocycles. The van der Waals surface area contributed by atoms with Crippen molar-refractivity contribution in [1.82, 2.24) is 0 Å². The highest BCUT2D eigenvalue weighted by atomic mass is 14.2. The molecule has 0 atom stereocenters. The number of terminal acetylenes is 1. The molecule has 0 aliphatic heterocycles. The van der Waals surface area contributed by atoms with Gasteiger partial charge in [0.1, 0.15) is 0 Å². The Bertz CT molecular complexity index is 669. The van der Waals surface area contributed by atoms with Gasteiger partial charge in [-0.05, 0) is 42.4 Å². The Morgan fingerprint density at radius 2 is 1.60 bits per heavy atom. The van der Waals surface area contributed by atoms with Crippen molar-refractivity contribution < 1.29 is 0 Å². The van der Waals surface area contributed by atoms with E-state index in [2.05, 4.69) is 60.5 Å². The van der Waals surface area contributed by atoms with Crippen LogP contribution in [0.5, 0.6) is 0 Å². The van der Waals surface area contributed by atoms with Gasteiger partial charge in [-0.25, -0.2) is 0 Å². The van der Waals surface area contributed by atoms with Crippen LogP contribution in [0, 0.1) is 12.3 Å². The van der Waals surface area contributed by atoms with E-state index in [9.17, 15) is 0 Å². The molecule has 0 amide bonds. The Morgan fingerprint density at radius 1 is 0.850 bits per heavy atom. The molecular weight excluding hydrogens is 240 g/mol. The monoisotopic (exact) mass is 258 g/mol. The molecule has 0 fully saturated rings. The molecular formula is C20H18. The highest BCUT2D eigenvalue weighted by Gasteiger charge is 2.16. The lowest BCUT2D eigenvalue weighted by atomic mass is 9.83. The molecule has 0 bridgehead atoms. The van der Waals surface area contributed by atoms with Gasteiger partial charge in [-0.2, -0.15) is 0 Å². The van der Waals surface area contributed by atoms with Gasteiger partial charge in [-0.1, -0.05) is 66.1 Å². The minimum Gasteiger partial charge on any atom is -0.115 e. The second-order valence-electron chi connectivity index (χ2n) is 5.27. The van der Waals surface area contributed by atoms with Crippen LogP contribution in [-0.2, 0) is 12.8 Å². The second kappa shape index (κ2) is 5.80. The van der Waals surface area contributed by atoms with E-state index in [1.54, 1.807) is 0 Å². The summed E-state index contributed by atoms with van der Waals surface area (Å²) in [7, 11) is 0. The van der Waals surface area contributed by atoms with Crippen LogP contribution >= 0.6 is 0 Å². The molecule has 0 spiro atoms. The third-order valence-electron chi connectivity index (χ3n) is 4.04. The molecule has 0 radical (unpaired) electrons. The first-order valence-electron chi connectivity index (χ1n) is 7.19. The number of fused-ring (bicyclic) bond motifs is 1. The number of hydrogen-bond donors (Lipinski definition) is 0. The Hall–Kier alpha value is -2.26. The topological polar surface area (TPSA) is 0 Å². The van der Waals surface area contributed by atoms with Crippen molar-refractivity contribution in [2.75, 3.05) is 0 Å². The summed E-state index contributed by atoms with van der Waals surface area (Å²) in [4.78, 5) is 0. The second-order valence-corrected chi connectivity index (χ2v) is 5.27. The van der Waals surface area contributed by atoms with Crippen molar-refractivity contribution in [3.8, 4) is 12.3 Å². The zero-order valence-electron chi connectivity index (χ0n) is 11.6. The minimum absolute atomic E-state index is 1.07. The van der Waals surface area contributed by atoms with Gasteiger partial charge in [0, 0.05) is 5.57 Å². The highest BCUT2D eigenvalue weighted by Crippen LogP contribution is 2.32. The molecule has 98 valence electrons. The lowest BCUT2D eigenvalue weighted by Crippen LogP contribution is -2.05. The lowest BCUT2D eigenvalue weighted by Gasteiger charge is -2.20. The SMILES string of the molecule is C#CC1=C(CCc2ccccc2)CCc2ccccc21. The van der Waals surface area contributed by atoms with E-state index >= 15 is 0 Å². The first-order valence-corrected chi connectivity index (χ1v) is 7.19. The maximum Gasteiger partial charge on any atom is 0.0310 e. The van der Waals surface area contributed by atoms with E-state index < -0.39 is 0 Å². The third kappa shape index (κ3) is 2.53. The summed E-state index contributed by atoms with van der Waals surface area (Å²) in [6.45, 7) is 0.